The summed E-state index contributed by atoms with van der Waals surface area (Å²) >= 11 is 0. The summed E-state index contributed by atoms with van der Waals surface area (Å²) in [6.07, 6.45) is 5.40. The number of benzene rings is 1. The van der Waals surface area contributed by atoms with E-state index in [4.69, 9.17) is 10.5 Å². The van der Waals surface area contributed by atoms with Crippen molar-refractivity contribution in [3.8, 4) is 5.75 Å². The molecule has 1 aliphatic carbocycles. The molecule has 3 nitrogen and oxygen atoms in total. The van der Waals surface area contributed by atoms with Crippen LogP contribution in [-0.2, 0) is 12.8 Å². The topological polar surface area (TPSA) is 51.0 Å². The lowest BCUT2D eigenvalue weighted by Crippen LogP contribution is -2.27. The van der Waals surface area contributed by atoms with Gasteiger partial charge in [-0.15, -0.1) is 0 Å². The van der Waals surface area contributed by atoms with Crippen LogP contribution in [-0.4, -0.2) is 17.6 Å². The molecular weight excluding hydrogens is 236 g/mol. The Morgan fingerprint density at radius 3 is 3.16 bits per heavy atom. The van der Waals surface area contributed by atoms with E-state index < -0.39 is 0 Å². The highest BCUT2D eigenvalue weighted by Gasteiger charge is 2.20. The highest BCUT2D eigenvalue weighted by Crippen LogP contribution is 2.31. The van der Waals surface area contributed by atoms with Crippen molar-refractivity contribution in [1.29, 1.82) is 0 Å². The first kappa shape index (κ1) is 12.5. The summed E-state index contributed by atoms with van der Waals surface area (Å²) in [4.78, 5) is 3.52. The van der Waals surface area contributed by atoms with Crippen LogP contribution >= 0.6 is 0 Å². The fourth-order valence-electron chi connectivity index (χ4n) is 2.85. The van der Waals surface area contributed by atoms with Crippen LogP contribution in [0.15, 0.2) is 18.2 Å². The van der Waals surface area contributed by atoms with Gasteiger partial charge >= 0.3 is 0 Å². The standard InChI is InChI=1S/C16H22N2O/c1-2-3-8-19-12-5-7-16-14(10-12)13-9-11(17)4-6-15(13)18-16/h5,7,10-11,18H,2-4,6,8-9,17H2,1H3. The number of aryl methyl sites for hydroxylation is 1. The molecule has 3 rings (SSSR count). The predicted octanol–water partition coefficient (Wildman–Crippen LogP) is 3.16. The van der Waals surface area contributed by atoms with Crippen molar-refractivity contribution in [2.75, 3.05) is 6.61 Å². The molecule has 0 radical (unpaired) electrons. The van der Waals surface area contributed by atoms with Crippen molar-refractivity contribution in [3.63, 3.8) is 0 Å². The van der Waals surface area contributed by atoms with Gasteiger partial charge in [0.25, 0.3) is 0 Å². The van der Waals surface area contributed by atoms with Gasteiger partial charge in [-0.05, 0) is 49.4 Å². The smallest absolute Gasteiger partial charge is 0.120 e. The Bertz CT molecular complexity index is 573. The van der Waals surface area contributed by atoms with Gasteiger partial charge in [-0.1, -0.05) is 13.3 Å². The second-order valence-electron chi connectivity index (χ2n) is 5.49. The van der Waals surface area contributed by atoms with Gasteiger partial charge < -0.3 is 15.5 Å². The van der Waals surface area contributed by atoms with Crippen molar-refractivity contribution in [2.45, 2.75) is 45.1 Å². The first-order valence-electron chi connectivity index (χ1n) is 7.29. The summed E-state index contributed by atoms with van der Waals surface area (Å²) in [5, 5.41) is 1.29. The third-order valence-electron chi connectivity index (χ3n) is 3.96. The Morgan fingerprint density at radius 2 is 2.32 bits per heavy atom. The Labute approximate surface area is 114 Å². The largest absolute Gasteiger partial charge is 0.494 e. The zero-order valence-corrected chi connectivity index (χ0v) is 11.5. The minimum absolute atomic E-state index is 0.302. The Morgan fingerprint density at radius 1 is 1.42 bits per heavy atom. The number of hydrogen-bond donors (Lipinski definition) is 2. The van der Waals surface area contributed by atoms with E-state index in [1.165, 1.54) is 22.2 Å². The zero-order chi connectivity index (χ0) is 13.2. The molecule has 3 heteroatoms. The monoisotopic (exact) mass is 258 g/mol. The van der Waals surface area contributed by atoms with Crippen LogP contribution in [0.1, 0.15) is 37.4 Å². The van der Waals surface area contributed by atoms with E-state index in [1.54, 1.807) is 0 Å². The van der Waals surface area contributed by atoms with Crippen LogP contribution in [0, 0.1) is 0 Å². The average Bonchev–Trinajstić information content (AvgIpc) is 2.77. The van der Waals surface area contributed by atoms with Gasteiger partial charge in [0, 0.05) is 22.6 Å². The molecule has 102 valence electrons. The summed E-state index contributed by atoms with van der Waals surface area (Å²) in [5.41, 5.74) is 10.1. The van der Waals surface area contributed by atoms with E-state index in [2.05, 4.69) is 30.1 Å². The molecule has 0 spiro atoms. The Balaban J connectivity index is 1.91. The average molecular weight is 258 g/mol. The highest BCUT2D eigenvalue weighted by atomic mass is 16.5. The minimum atomic E-state index is 0.302. The SMILES string of the molecule is CCCCOc1ccc2[nH]c3c(c2c1)CC(N)CC3. The highest BCUT2D eigenvalue weighted by molar-refractivity contribution is 5.86. The van der Waals surface area contributed by atoms with Gasteiger partial charge in [0.2, 0.25) is 0 Å². The Kier molecular flexibility index (Phi) is 3.47. The van der Waals surface area contributed by atoms with Crippen LogP contribution in [0.2, 0.25) is 0 Å². The fraction of sp³-hybridized carbons (Fsp3) is 0.500. The van der Waals surface area contributed by atoms with Crippen LogP contribution < -0.4 is 10.5 Å². The molecule has 0 saturated heterocycles. The number of unbranched alkanes of at least 4 members (excludes halogenated alkanes) is 1. The molecule has 0 bridgehead atoms. The molecule has 1 unspecified atom stereocenters. The van der Waals surface area contributed by atoms with Gasteiger partial charge in [-0.2, -0.15) is 0 Å². The summed E-state index contributed by atoms with van der Waals surface area (Å²) in [5.74, 6) is 0.974. The molecular formula is C16H22N2O. The van der Waals surface area contributed by atoms with E-state index in [-0.39, 0.29) is 0 Å². The molecule has 19 heavy (non-hydrogen) atoms. The summed E-state index contributed by atoms with van der Waals surface area (Å²) in [7, 11) is 0. The maximum absolute atomic E-state index is 6.09. The minimum Gasteiger partial charge on any atom is -0.494 e. The normalized spacial score (nSPS) is 18.5. The number of rotatable bonds is 4. The summed E-state index contributed by atoms with van der Waals surface area (Å²) in [6.45, 7) is 2.98. The third-order valence-corrected chi connectivity index (χ3v) is 3.96. The molecule has 1 aliphatic rings. The lowest BCUT2D eigenvalue weighted by atomic mass is 9.92. The van der Waals surface area contributed by atoms with Crippen molar-refractivity contribution in [3.05, 3.63) is 29.5 Å². The first-order chi connectivity index (χ1) is 9.28. The number of aromatic amines is 1. The van der Waals surface area contributed by atoms with Crippen molar-refractivity contribution >= 4 is 10.9 Å². The molecule has 1 atom stereocenters. The summed E-state index contributed by atoms with van der Waals surface area (Å²) < 4.78 is 5.80. The third kappa shape index (κ3) is 2.47. The number of aromatic nitrogens is 1. The van der Waals surface area contributed by atoms with Gasteiger partial charge in [0.15, 0.2) is 0 Å². The number of hydrogen-bond acceptors (Lipinski definition) is 2. The number of ether oxygens (including phenoxy) is 1. The lowest BCUT2D eigenvalue weighted by Gasteiger charge is -2.18. The second-order valence-corrected chi connectivity index (χ2v) is 5.49. The molecule has 2 aromatic rings. The molecule has 0 aliphatic heterocycles. The molecule has 3 N–H and O–H groups in total. The maximum Gasteiger partial charge on any atom is 0.120 e. The number of fused-ring (bicyclic) bond motifs is 3. The summed E-state index contributed by atoms with van der Waals surface area (Å²) in [6, 6.07) is 6.65. The van der Waals surface area contributed by atoms with Crippen LogP contribution in [0.5, 0.6) is 5.75 Å². The van der Waals surface area contributed by atoms with Crippen molar-refractivity contribution in [1.82, 2.24) is 4.98 Å². The van der Waals surface area contributed by atoms with Gasteiger partial charge in [-0.25, -0.2) is 0 Å². The fourth-order valence-corrected chi connectivity index (χ4v) is 2.85. The van der Waals surface area contributed by atoms with E-state index in [1.807, 2.05) is 0 Å². The van der Waals surface area contributed by atoms with E-state index in [0.717, 1.165) is 44.5 Å². The van der Waals surface area contributed by atoms with Gasteiger partial charge in [0.05, 0.1) is 6.61 Å². The molecule has 1 heterocycles. The zero-order valence-electron chi connectivity index (χ0n) is 11.5. The number of nitrogens with one attached hydrogen (secondary N) is 1. The van der Waals surface area contributed by atoms with Crippen LogP contribution in [0.25, 0.3) is 10.9 Å². The molecule has 0 fully saturated rings. The van der Waals surface area contributed by atoms with Crippen LogP contribution in [0.4, 0.5) is 0 Å². The Hall–Kier alpha value is -1.48. The van der Waals surface area contributed by atoms with E-state index in [9.17, 15) is 0 Å². The molecule has 0 saturated carbocycles. The van der Waals surface area contributed by atoms with Crippen molar-refractivity contribution < 1.29 is 4.74 Å². The van der Waals surface area contributed by atoms with E-state index >= 15 is 0 Å². The molecule has 1 aromatic carbocycles. The maximum atomic E-state index is 6.09. The van der Waals surface area contributed by atoms with Gasteiger partial charge in [0.1, 0.15) is 5.75 Å². The van der Waals surface area contributed by atoms with Crippen molar-refractivity contribution in [2.24, 2.45) is 5.73 Å². The molecule has 1 aromatic heterocycles. The van der Waals surface area contributed by atoms with Crippen LogP contribution in [0.3, 0.4) is 0 Å². The first-order valence-corrected chi connectivity index (χ1v) is 7.29. The number of nitrogens with two attached hydrogens (primary N) is 1. The van der Waals surface area contributed by atoms with Gasteiger partial charge in [-0.3, -0.25) is 0 Å². The second kappa shape index (κ2) is 5.25. The lowest BCUT2D eigenvalue weighted by molar-refractivity contribution is 0.310. The molecule has 0 amide bonds. The predicted molar refractivity (Wildman–Crippen MR) is 78.7 cm³/mol. The quantitative estimate of drug-likeness (QED) is 0.828. The number of H-pyrrole nitrogens is 1. The van der Waals surface area contributed by atoms with E-state index in [0.29, 0.717) is 6.04 Å².